The molecule has 0 bridgehead atoms. The van der Waals surface area contributed by atoms with E-state index in [2.05, 4.69) is 23.2 Å². The van der Waals surface area contributed by atoms with Crippen molar-refractivity contribution in [3.05, 3.63) is 23.8 Å². The summed E-state index contributed by atoms with van der Waals surface area (Å²) in [5, 5.41) is 3.39. The van der Waals surface area contributed by atoms with Gasteiger partial charge in [0.2, 0.25) is 0 Å². The molecule has 0 spiro atoms. The fourth-order valence-corrected chi connectivity index (χ4v) is 2.95. The van der Waals surface area contributed by atoms with Crippen LogP contribution in [0, 0.1) is 0 Å². The van der Waals surface area contributed by atoms with E-state index in [4.69, 9.17) is 9.47 Å². The van der Waals surface area contributed by atoms with Gasteiger partial charge in [-0.05, 0) is 39.4 Å². The number of methoxy groups -OCH3 is 2. The third-order valence-electron chi connectivity index (χ3n) is 4.30. The summed E-state index contributed by atoms with van der Waals surface area (Å²) in [5.74, 6) is 1.74. The molecule has 2 rings (SSSR count). The summed E-state index contributed by atoms with van der Waals surface area (Å²) in [5.41, 5.74) is 1.23. The Balaban J connectivity index is 2.17. The molecule has 2 atom stereocenters. The molecule has 1 N–H and O–H groups in total. The molecular weight excluding hydrogens is 252 g/mol. The van der Waals surface area contributed by atoms with Crippen LogP contribution in [0.25, 0.3) is 0 Å². The molecule has 112 valence electrons. The first-order valence-electron chi connectivity index (χ1n) is 7.32. The Bertz CT molecular complexity index is 436. The highest BCUT2D eigenvalue weighted by Gasteiger charge is 2.25. The first-order valence-corrected chi connectivity index (χ1v) is 7.32. The van der Waals surface area contributed by atoms with Gasteiger partial charge in [-0.3, -0.25) is 4.90 Å². The summed E-state index contributed by atoms with van der Waals surface area (Å²) in [4.78, 5) is 2.52. The van der Waals surface area contributed by atoms with Crippen LogP contribution in [0.5, 0.6) is 11.5 Å². The van der Waals surface area contributed by atoms with Crippen LogP contribution in [-0.2, 0) is 0 Å². The zero-order chi connectivity index (χ0) is 14.5. The van der Waals surface area contributed by atoms with Crippen LogP contribution in [0.15, 0.2) is 18.2 Å². The minimum Gasteiger partial charge on any atom is -0.497 e. The highest BCUT2D eigenvalue weighted by molar-refractivity contribution is 5.42. The van der Waals surface area contributed by atoms with Crippen molar-refractivity contribution in [3.63, 3.8) is 0 Å². The lowest BCUT2D eigenvalue weighted by molar-refractivity contribution is 0.147. The van der Waals surface area contributed by atoms with Crippen molar-refractivity contribution in [2.45, 2.75) is 31.8 Å². The predicted molar refractivity (Wildman–Crippen MR) is 81.6 cm³/mol. The number of nitrogens with one attached hydrogen (secondary N) is 1. The molecule has 0 saturated carbocycles. The second kappa shape index (κ2) is 6.95. The molecule has 1 fully saturated rings. The molecule has 2 unspecified atom stereocenters. The van der Waals surface area contributed by atoms with Crippen LogP contribution in [-0.4, -0.2) is 45.3 Å². The van der Waals surface area contributed by atoms with Crippen molar-refractivity contribution in [2.24, 2.45) is 0 Å². The molecule has 0 amide bonds. The second-order valence-electron chi connectivity index (χ2n) is 5.41. The van der Waals surface area contributed by atoms with Gasteiger partial charge in [0.25, 0.3) is 0 Å². The number of hydrogen-bond acceptors (Lipinski definition) is 4. The molecule has 4 heteroatoms. The minimum absolute atomic E-state index is 0.354. The smallest absolute Gasteiger partial charge is 0.127 e. The lowest BCUT2D eigenvalue weighted by atomic mass is 9.99. The molecule has 1 saturated heterocycles. The molecule has 1 aliphatic rings. The first kappa shape index (κ1) is 15.1. The Hall–Kier alpha value is -1.26. The van der Waals surface area contributed by atoms with E-state index in [9.17, 15) is 0 Å². The summed E-state index contributed by atoms with van der Waals surface area (Å²) in [6.07, 6.45) is 2.51. The van der Waals surface area contributed by atoms with Gasteiger partial charge in [-0.1, -0.05) is 6.07 Å². The van der Waals surface area contributed by atoms with Crippen LogP contribution in [0.2, 0.25) is 0 Å². The highest BCUT2D eigenvalue weighted by atomic mass is 16.5. The van der Waals surface area contributed by atoms with E-state index >= 15 is 0 Å². The Morgan fingerprint density at radius 1 is 1.30 bits per heavy atom. The minimum atomic E-state index is 0.354. The van der Waals surface area contributed by atoms with E-state index in [-0.39, 0.29) is 0 Å². The third kappa shape index (κ3) is 3.25. The van der Waals surface area contributed by atoms with Gasteiger partial charge in [0, 0.05) is 30.3 Å². The largest absolute Gasteiger partial charge is 0.497 e. The lowest BCUT2D eigenvalue weighted by Crippen LogP contribution is -2.45. The van der Waals surface area contributed by atoms with Gasteiger partial charge >= 0.3 is 0 Å². The van der Waals surface area contributed by atoms with Crippen molar-refractivity contribution < 1.29 is 9.47 Å². The van der Waals surface area contributed by atoms with E-state index in [0.29, 0.717) is 12.1 Å². The number of nitrogens with zero attached hydrogens (tertiary/aromatic N) is 1. The molecule has 1 aromatic rings. The number of likely N-dealkylation sites (tertiary alicyclic amines) is 1. The Kier molecular flexibility index (Phi) is 5.26. The summed E-state index contributed by atoms with van der Waals surface area (Å²) in [6, 6.07) is 7.03. The van der Waals surface area contributed by atoms with E-state index in [1.807, 2.05) is 19.2 Å². The summed E-state index contributed by atoms with van der Waals surface area (Å²) < 4.78 is 10.8. The van der Waals surface area contributed by atoms with Crippen LogP contribution < -0.4 is 14.8 Å². The van der Waals surface area contributed by atoms with Gasteiger partial charge in [0.05, 0.1) is 14.2 Å². The normalized spacial score (nSPS) is 21.5. The third-order valence-corrected chi connectivity index (χ3v) is 4.30. The van der Waals surface area contributed by atoms with E-state index in [0.717, 1.165) is 24.6 Å². The zero-order valence-corrected chi connectivity index (χ0v) is 13.0. The summed E-state index contributed by atoms with van der Waals surface area (Å²) in [6.45, 7) is 4.49. The van der Waals surface area contributed by atoms with Crippen molar-refractivity contribution in [2.75, 3.05) is 34.4 Å². The van der Waals surface area contributed by atoms with Crippen LogP contribution >= 0.6 is 0 Å². The van der Waals surface area contributed by atoms with Gasteiger partial charge in [-0.15, -0.1) is 0 Å². The number of rotatable bonds is 5. The lowest BCUT2D eigenvalue weighted by Gasteiger charge is -2.37. The molecule has 0 aliphatic carbocycles. The van der Waals surface area contributed by atoms with Crippen molar-refractivity contribution in [3.8, 4) is 11.5 Å². The number of hydrogen-bond donors (Lipinski definition) is 1. The number of piperidine rings is 1. The molecular formula is C16H26N2O2. The molecule has 0 aromatic heterocycles. The quantitative estimate of drug-likeness (QED) is 0.897. The molecule has 1 aliphatic heterocycles. The van der Waals surface area contributed by atoms with Crippen LogP contribution in [0.1, 0.15) is 31.4 Å². The Morgan fingerprint density at radius 3 is 2.75 bits per heavy atom. The molecule has 20 heavy (non-hydrogen) atoms. The predicted octanol–water partition coefficient (Wildman–Crippen LogP) is 2.45. The van der Waals surface area contributed by atoms with Gasteiger partial charge in [0.15, 0.2) is 0 Å². The van der Waals surface area contributed by atoms with Crippen molar-refractivity contribution in [1.82, 2.24) is 10.2 Å². The molecule has 4 nitrogen and oxygen atoms in total. The van der Waals surface area contributed by atoms with Gasteiger partial charge < -0.3 is 14.8 Å². The van der Waals surface area contributed by atoms with E-state index < -0.39 is 0 Å². The summed E-state index contributed by atoms with van der Waals surface area (Å²) >= 11 is 0. The fraction of sp³-hybridized carbons (Fsp3) is 0.625. The SMILES string of the molecule is CNC1CCCN(C(C)c2ccc(OC)cc2OC)C1. The Morgan fingerprint density at radius 2 is 2.10 bits per heavy atom. The van der Waals surface area contributed by atoms with Crippen LogP contribution in [0.3, 0.4) is 0 Å². The Labute approximate surface area is 122 Å². The average molecular weight is 278 g/mol. The second-order valence-corrected chi connectivity index (χ2v) is 5.41. The van der Waals surface area contributed by atoms with Crippen molar-refractivity contribution in [1.29, 1.82) is 0 Å². The topological polar surface area (TPSA) is 33.7 Å². The highest BCUT2D eigenvalue weighted by Crippen LogP contribution is 2.33. The van der Waals surface area contributed by atoms with Gasteiger partial charge in [-0.25, -0.2) is 0 Å². The standard InChI is InChI=1S/C16H26N2O2/c1-12(18-9-5-6-13(11-18)17-2)15-8-7-14(19-3)10-16(15)20-4/h7-8,10,12-13,17H,5-6,9,11H2,1-4H3. The summed E-state index contributed by atoms with van der Waals surface area (Å²) in [7, 11) is 5.45. The monoisotopic (exact) mass is 278 g/mol. The van der Waals surface area contributed by atoms with Crippen molar-refractivity contribution >= 4 is 0 Å². The maximum absolute atomic E-state index is 5.53. The number of likely N-dealkylation sites (N-methyl/N-ethyl adjacent to an activating group) is 1. The van der Waals surface area contributed by atoms with E-state index in [1.165, 1.54) is 18.4 Å². The number of benzene rings is 1. The number of ether oxygens (including phenoxy) is 2. The van der Waals surface area contributed by atoms with Gasteiger partial charge in [-0.2, -0.15) is 0 Å². The molecule has 1 heterocycles. The maximum atomic E-state index is 5.53. The zero-order valence-electron chi connectivity index (χ0n) is 13.0. The molecule has 0 radical (unpaired) electrons. The molecule has 1 aromatic carbocycles. The fourth-order valence-electron chi connectivity index (χ4n) is 2.95. The maximum Gasteiger partial charge on any atom is 0.127 e. The van der Waals surface area contributed by atoms with Crippen LogP contribution in [0.4, 0.5) is 0 Å². The van der Waals surface area contributed by atoms with E-state index in [1.54, 1.807) is 14.2 Å². The van der Waals surface area contributed by atoms with Gasteiger partial charge in [0.1, 0.15) is 11.5 Å². The average Bonchev–Trinajstić information content (AvgIpc) is 2.53. The first-order chi connectivity index (χ1) is 9.69.